The molecule has 0 aromatic heterocycles. The summed E-state index contributed by atoms with van der Waals surface area (Å²) >= 11 is 0. The predicted molar refractivity (Wildman–Crippen MR) is 70.1 cm³/mol. The minimum atomic E-state index is -0.412. The van der Waals surface area contributed by atoms with Crippen LogP contribution < -0.4 is 10.6 Å². The normalized spacial score (nSPS) is 14.7. The number of ether oxygens (including phenoxy) is 2. The number of benzene rings is 1. The monoisotopic (exact) mass is 238 g/mol. The smallest absolute Gasteiger partial charge is 0.180 e. The SMILES string of the molecule is COC(OC)C(C)(CN)N(C)c1ccccc1. The lowest BCUT2D eigenvalue weighted by Gasteiger charge is -2.43. The molecule has 96 valence electrons. The number of nitrogens with zero attached hydrogens (tertiary/aromatic N) is 1. The van der Waals surface area contributed by atoms with Crippen LogP contribution in [0.4, 0.5) is 5.69 Å². The van der Waals surface area contributed by atoms with Crippen molar-refractivity contribution in [2.24, 2.45) is 5.73 Å². The standard InChI is InChI=1S/C13H22N2O2/c1-13(10-14,12(16-3)17-4)15(2)11-8-6-5-7-9-11/h5-9,12H,10,14H2,1-4H3. The van der Waals surface area contributed by atoms with E-state index in [2.05, 4.69) is 4.90 Å². The second-order valence-electron chi connectivity index (χ2n) is 4.26. The molecule has 0 amide bonds. The van der Waals surface area contributed by atoms with Gasteiger partial charge in [0.05, 0.1) is 5.54 Å². The first-order valence-electron chi connectivity index (χ1n) is 5.64. The first-order chi connectivity index (χ1) is 8.10. The van der Waals surface area contributed by atoms with Crippen molar-refractivity contribution < 1.29 is 9.47 Å². The number of methoxy groups -OCH3 is 2. The number of likely N-dealkylation sites (N-methyl/N-ethyl adjacent to an activating group) is 1. The molecule has 0 fully saturated rings. The highest BCUT2D eigenvalue weighted by atomic mass is 16.7. The van der Waals surface area contributed by atoms with Crippen molar-refractivity contribution in [2.75, 3.05) is 32.7 Å². The molecule has 0 saturated heterocycles. The molecule has 0 heterocycles. The average molecular weight is 238 g/mol. The summed E-state index contributed by atoms with van der Waals surface area (Å²) in [6, 6.07) is 10.1. The van der Waals surface area contributed by atoms with Crippen molar-refractivity contribution in [1.82, 2.24) is 0 Å². The lowest BCUT2D eigenvalue weighted by molar-refractivity contribution is -0.140. The van der Waals surface area contributed by atoms with Crippen LogP contribution in [0, 0.1) is 0 Å². The Morgan fingerprint density at radius 3 is 2.18 bits per heavy atom. The Bertz CT molecular complexity index is 327. The van der Waals surface area contributed by atoms with Gasteiger partial charge < -0.3 is 20.1 Å². The molecule has 1 aromatic rings. The molecule has 1 atom stereocenters. The molecule has 4 nitrogen and oxygen atoms in total. The average Bonchev–Trinajstić information content (AvgIpc) is 2.39. The molecule has 2 N–H and O–H groups in total. The van der Waals surface area contributed by atoms with E-state index in [4.69, 9.17) is 15.2 Å². The van der Waals surface area contributed by atoms with Gasteiger partial charge in [-0.05, 0) is 19.1 Å². The first-order valence-corrected chi connectivity index (χ1v) is 5.64. The first kappa shape index (κ1) is 14.0. The summed E-state index contributed by atoms with van der Waals surface area (Å²) in [4.78, 5) is 2.09. The quantitative estimate of drug-likeness (QED) is 0.762. The maximum absolute atomic E-state index is 5.90. The molecule has 0 radical (unpaired) electrons. The van der Waals surface area contributed by atoms with Gasteiger partial charge in [-0.25, -0.2) is 0 Å². The molecule has 0 aliphatic carbocycles. The lowest BCUT2D eigenvalue weighted by Crippen LogP contribution is -2.59. The van der Waals surface area contributed by atoms with E-state index >= 15 is 0 Å². The fourth-order valence-corrected chi connectivity index (χ4v) is 1.94. The maximum Gasteiger partial charge on any atom is 0.180 e. The number of nitrogens with two attached hydrogens (primary N) is 1. The Labute approximate surface area is 103 Å². The van der Waals surface area contributed by atoms with Crippen molar-refractivity contribution in [2.45, 2.75) is 18.8 Å². The van der Waals surface area contributed by atoms with Crippen LogP contribution in [0.2, 0.25) is 0 Å². The van der Waals surface area contributed by atoms with Crippen LogP contribution >= 0.6 is 0 Å². The number of hydrogen-bond acceptors (Lipinski definition) is 4. The van der Waals surface area contributed by atoms with Gasteiger partial charge in [-0.3, -0.25) is 0 Å². The van der Waals surface area contributed by atoms with E-state index in [1.807, 2.05) is 44.3 Å². The van der Waals surface area contributed by atoms with Crippen LogP contribution in [-0.2, 0) is 9.47 Å². The van der Waals surface area contributed by atoms with E-state index in [0.717, 1.165) is 5.69 Å². The lowest BCUT2D eigenvalue weighted by atomic mass is 9.98. The molecule has 0 saturated carbocycles. The topological polar surface area (TPSA) is 47.7 Å². The van der Waals surface area contributed by atoms with Crippen molar-refractivity contribution in [3.63, 3.8) is 0 Å². The number of para-hydroxylation sites is 1. The Morgan fingerprint density at radius 2 is 1.76 bits per heavy atom. The highest BCUT2D eigenvalue weighted by molar-refractivity contribution is 5.48. The predicted octanol–water partition coefficient (Wildman–Crippen LogP) is 1.46. The third-order valence-corrected chi connectivity index (χ3v) is 3.26. The van der Waals surface area contributed by atoms with E-state index < -0.39 is 5.54 Å². The summed E-state index contributed by atoms with van der Waals surface area (Å²) < 4.78 is 10.7. The maximum atomic E-state index is 5.90. The molecule has 1 rings (SSSR count). The van der Waals surface area contributed by atoms with Gasteiger partial charge in [0.25, 0.3) is 0 Å². The highest BCUT2D eigenvalue weighted by Gasteiger charge is 2.37. The van der Waals surface area contributed by atoms with Crippen molar-refractivity contribution >= 4 is 5.69 Å². The zero-order chi connectivity index (χ0) is 12.9. The molecule has 17 heavy (non-hydrogen) atoms. The summed E-state index contributed by atoms with van der Waals surface area (Å²) in [5.41, 5.74) is 6.57. The minimum Gasteiger partial charge on any atom is -0.363 e. The van der Waals surface area contributed by atoms with Gasteiger partial charge in [0, 0.05) is 33.5 Å². The summed E-state index contributed by atoms with van der Waals surface area (Å²) in [7, 11) is 5.25. The zero-order valence-corrected chi connectivity index (χ0v) is 11.0. The van der Waals surface area contributed by atoms with E-state index in [0.29, 0.717) is 6.54 Å². The van der Waals surface area contributed by atoms with E-state index in [-0.39, 0.29) is 6.29 Å². The summed E-state index contributed by atoms with van der Waals surface area (Å²) in [5, 5.41) is 0. The van der Waals surface area contributed by atoms with Crippen LogP contribution in [0.15, 0.2) is 30.3 Å². The van der Waals surface area contributed by atoms with Gasteiger partial charge in [-0.2, -0.15) is 0 Å². The fraction of sp³-hybridized carbons (Fsp3) is 0.538. The van der Waals surface area contributed by atoms with Gasteiger partial charge in [0.1, 0.15) is 0 Å². The van der Waals surface area contributed by atoms with Crippen LogP contribution in [-0.4, -0.2) is 39.6 Å². The van der Waals surface area contributed by atoms with E-state index in [1.54, 1.807) is 14.2 Å². The van der Waals surface area contributed by atoms with Gasteiger partial charge in [-0.1, -0.05) is 18.2 Å². The number of anilines is 1. The Hall–Kier alpha value is -1.10. The molecule has 0 spiro atoms. The van der Waals surface area contributed by atoms with Crippen LogP contribution in [0.5, 0.6) is 0 Å². The number of rotatable bonds is 6. The molecule has 4 heteroatoms. The van der Waals surface area contributed by atoms with Gasteiger partial charge in [0.2, 0.25) is 0 Å². The molecular weight excluding hydrogens is 216 g/mol. The molecule has 0 aliphatic rings. The van der Waals surface area contributed by atoms with E-state index in [9.17, 15) is 0 Å². The van der Waals surface area contributed by atoms with Crippen molar-refractivity contribution in [3.05, 3.63) is 30.3 Å². The Morgan fingerprint density at radius 1 is 1.24 bits per heavy atom. The molecule has 0 bridgehead atoms. The summed E-state index contributed by atoms with van der Waals surface area (Å²) in [5.74, 6) is 0. The Kier molecular flexibility index (Phi) is 4.93. The van der Waals surface area contributed by atoms with Crippen molar-refractivity contribution in [3.8, 4) is 0 Å². The third-order valence-electron chi connectivity index (χ3n) is 3.26. The van der Waals surface area contributed by atoms with Gasteiger partial charge >= 0.3 is 0 Å². The van der Waals surface area contributed by atoms with Crippen LogP contribution in [0.3, 0.4) is 0 Å². The molecule has 1 unspecified atom stereocenters. The number of hydrogen-bond donors (Lipinski definition) is 1. The minimum absolute atomic E-state index is 0.377. The Balaban J connectivity index is 3.00. The van der Waals surface area contributed by atoms with Gasteiger partial charge in [-0.15, -0.1) is 0 Å². The van der Waals surface area contributed by atoms with Crippen LogP contribution in [0.1, 0.15) is 6.92 Å². The molecule has 1 aromatic carbocycles. The summed E-state index contributed by atoms with van der Waals surface area (Å²) in [6.45, 7) is 2.46. The second-order valence-corrected chi connectivity index (χ2v) is 4.26. The third kappa shape index (κ3) is 2.77. The van der Waals surface area contributed by atoms with Crippen LogP contribution in [0.25, 0.3) is 0 Å². The largest absolute Gasteiger partial charge is 0.363 e. The fourth-order valence-electron chi connectivity index (χ4n) is 1.94. The molecular formula is C13H22N2O2. The molecule has 0 aliphatic heterocycles. The zero-order valence-electron chi connectivity index (χ0n) is 11.0. The highest BCUT2D eigenvalue weighted by Crippen LogP contribution is 2.26. The second kappa shape index (κ2) is 6.00. The van der Waals surface area contributed by atoms with E-state index in [1.165, 1.54) is 0 Å². The van der Waals surface area contributed by atoms with Crippen molar-refractivity contribution in [1.29, 1.82) is 0 Å². The van der Waals surface area contributed by atoms with Gasteiger partial charge in [0.15, 0.2) is 6.29 Å². The summed E-state index contributed by atoms with van der Waals surface area (Å²) in [6.07, 6.45) is -0.377.